The van der Waals surface area contributed by atoms with Crippen LogP contribution < -0.4 is 0 Å². The van der Waals surface area contributed by atoms with Crippen LogP contribution in [0, 0.1) is 11.6 Å². The Morgan fingerprint density at radius 2 is 2.05 bits per heavy atom. The average Bonchev–Trinajstić information content (AvgIpc) is 2.41. The molecule has 0 amide bonds. The molecule has 0 atom stereocenters. The zero-order valence-corrected chi connectivity index (χ0v) is 11.6. The molecule has 0 aliphatic carbocycles. The molecule has 110 valence electrons. The molecule has 0 saturated carbocycles. The van der Waals surface area contributed by atoms with Gasteiger partial charge in [-0.1, -0.05) is 19.9 Å². The van der Waals surface area contributed by atoms with Crippen LogP contribution in [-0.2, 0) is 6.42 Å². The minimum Gasteiger partial charge on any atom is -0.478 e. The molecule has 2 aromatic rings. The van der Waals surface area contributed by atoms with Crippen molar-refractivity contribution in [3.05, 3.63) is 58.7 Å². The fourth-order valence-electron chi connectivity index (χ4n) is 1.96. The highest BCUT2D eigenvalue weighted by molar-refractivity contribution is 5.88. The summed E-state index contributed by atoms with van der Waals surface area (Å²) in [5, 5.41) is 9.09. The van der Waals surface area contributed by atoms with Crippen LogP contribution in [0.4, 0.5) is 8.78 Å². The average molecular weight is 292 g/mol. The SMILES string of the molecule is CC(C)c1nc(Cc2ccc(F)cc2F)ncc1C(=O)O. The van der Waals surface area contributed by atoms with E-state index in [4.69, 9.17) is 5.11 Å². The van der Waals surface area contributed by atoms with Gasteiger partial charge < -0.3 is 5.11 Å². The molecule has 1 aromatic carbocycles. The monoisotopic (exact) mass is 292 g/mol. The molecule has 0 bridgehead atoms. The van der Waals surface area contributed by atoms with Crippen molar-refractivity contribution >= 4 is 5.97 Å². The first-order valence-electron chi connectivity index (χ1n) is 6.41. The van der Waals surface area contributed by atoms with Gasteiger partial charge in [0.2, 0.25) is 0 Å². The van der Waals surface area contributed by atoms with E-state index in [0.29, 0.717) is 11.5 Å². The highest BCUT2D eigenvalue weighted by atomic mass is 19.1. The third-order valence-electron chi connectivity index (χ3n) is 3.01. The van der Waals surface area contributed by atoms with Gasteiger partial charge >= 0.3 is 5.97 Å². The predicted molar refractivity (Wildman–Crippen MR) is 72.2 cm³/mol. The Morgan fingerprint density at radius 3 is 2.62 bits per heavy atom. The Bertz CT molecular complexity index is 687. The highest BCUT2D eigenvalue weighted by Crippen LogP contribution is 2.19. The lowest BCUT2D eigenvalue weighted by molar-refractivity contribution is 0.0694. The van der Waals surface area contributed by atoms with Crippen molar-refractivity contribution in [1.82, 2.24) is 9.97 Å². The molecular formula is C15H14F2N2O2. The molecule has 0 radical (unpaired) electrons. The summed E-state index contributed by atoms with van der Waals surface area (Å²) in [7, 11) is 0. The van der Waals surface area contributed by atoms with Gasteiger partial charge in [-0.05, 0) is 17.5 Å². The highest BCUT2D eigenvalue weighted by Gasteiger charge is 2.17. The molecule has 0 unspecified atom stereocenters. The summed E-state index contributed by atoms with van der Waals surface area (Å²) in [6.45, 7) is 3.63. The van der Waals surface area contributed by atoms with Gasteiger partial charge in [-0.15, -0.1) is 0 Å². The van der Waals surface area contributed by atoms with E-state index < -0.39 is 17.6 Å². The van der Waals surface area contributed by atoms with E-state index in [0.717, 1.165) is 12.1 Å². The maximum Gasteiger partial charge on any atom is 0.339 e. The lowest BCUT2D eigenvalue weighted by atomic mass is 10.0. The number of carbonyl (C=O) groups is 1. The van der Waals surface area contributed by atoms with Gasteiger partial charge in [0.05, 0.1) is 11.3 Å². The first kappa shape index (κ1) is 15.0. The number of aromatic carboxylic acids is 1. The number of nitrogens with zero attached hydrogens (tertiary/aromatic N) is 2. The number of carboxylic acids is 1. The minimum absolute atomic E-state index is 0.0355. The van der Waals surface area contributed by atoms with Gasteiger partial charge in [0.15, 0.2) is 0 Å². The van der Waals surface area contributed by atoms with Gasteiger partial charge in [0.1, 0.15) is 17.5 Å². The first-order chi connectivity index (χ1) is 9.88. The normalized spacial score (nSPS) is 10.9. The second kappa shape index (κ2) is 5.95. The van der Waals surface area contributed by atoms with E-state index in [1.165, 1.54) is 12.3 Å². The molecule has 1 heterocycles. The van der Waals surface area contributed by atoms with Gasteiger partial charge in [-0.25, -0.2) is 23.5 Å². The van der Waals surface area contributed by atoms with Gasteiger partial charge in [-0.2, -0.15) is 0 Å². The van der Waals surface area contributed by atoms with E-state index in [-0.39, 0.29) is 23.5 Å². The number of halogens is 2. The Kier molecular flexibility index (Phi) is 4.26. The van der Waals surface area contributed by atoms with Crippen LogP contribution in [0.5, 0.6) is 0 Å². The molecule has 0 fully saturated rings. The number of hydrogen-bond acceptors (Lipinski definition) is 3. The van der Waals surface area contributed by atoms with Crippen LogP contribution in [0.25, 0.3) is 0 Å². The molecule has 0 saturated heterocycles. The fourth-order valence-corrected chi connectivity index (χ4v) is 1.96. The molecular weight excluding hydrogens is 278 g/mol. The summed E-state index contributed by atoms with van der Waals surface area (Å²) < 4.78 is 26.5. The van der Waals surface area contributed by atoms with E-state index in [1.54, 1.807) is 0 Å². The second-order valence-corrected chi connectivity index (χ2v) is 4.96. The van der Waals surface area contributed by atoms with Crippen molar-refractivity contribution in [2.24, 2.45) is 0 Å². The Morgan fingerprint density at radius 1 is 1.33 bits per heavy atom. The predicted octanol–water partition coefficient (Wildman–Crippen LogP) is 3.17. The smallest absolute Gasteiger partial charge is 0.339 e. The van der Waals surface area contributed by atoms with E-state index in [9.17, 15) is 13.6 Å². The second-order valence-electron chi connectivity index (χ2n) is 4.96. The molecule has 1 aromatic heterocycles. The molecule has 21 heavy (non-hydrogen) atoms. The molecule has 0 aliphatic heterocycles. The Balaban J connectivity index is 2.37. The summed E-state index contributed by atoms with van der Waals surface area (Å²) in [6, 6.07) is 3.28. The summed E-state index contributed by atoms with van der Waals surface area (Å²) in [4.78, 5) is 19.3. The quantitative estimate of drug-likeness (QED) is 0.940. The Labute approximate surface area is 120 Å². The van der Waals surface area contributed by atoms with Gasteiger partial charge in [-0.3, -0.25) is 0 Å². The largest absolute Gasteiger partial charge is 0.478 e. The molecule has 4 nitrogen and oxygen atoms in total. The third kappa shape index (κ3) is 3.39. The minimum atomic E-state index is -1.10. The van der Waals surface area contributed by atoms with Crippen LogP contribution in [0.15, 0.2) is 24.4 Å². The number of hydrogen-bond donors (Lipinski definition) is 1. The summed E-state index contributed by atoms with van der Waals surface area (Å²) >= 11 is 0. The zero-order chi connectivity index (χ0) is 15.6. The lowest BCUT2D eigenvalue weighted by Crippen LogP contribution is -2.11. The lowest BCUT2D eigenvalue weighted by Gasteiger charge is -2.10. The van der Waals surface area contributed by atoms with Crippen molar-refractivity contribution in [1.29, 1.82) is 0 Å². The Hall–Kier alpha value is -2.37. The van der Waals surface area contributed by atoms with Crippen molar-refractivity contribution in [2.45, 2.75) is 26.2 Å². The number of aromatic nitrogens is 2. The van der Waals surface area contributed by atoms with Crippen LogP contribution in [0.2, 0.25) is 0 Å². The number of benzene rings is 1. The van der Waals surface area contributed by atoms with E-state index in [2.05, 4.69) is 9.97 Å². The summed E-state index contributed by atoms with van der Waals surface area (Å²) in [6.07, 6.45) is 1.30. The van der Waals surface area contributed by atoms with Crippen molar-refractivity contribution < 1.29 is 18.7 Å². The fraction of sp³-hybridized carbons (Fsp3) is 0.267. The van der Waals surface area contributed by atoms with Crippen LogP contribution in [0.1, 0.15) is 47.2 Å². The van der Waals surface area contributed by atoms with Crippen LogP contribution in [-0.4, -0.2) is 21.0 Å². The standard InChI is InChI=1S/C15H14F2N2O2/c1-8(2)14-11(15(20)21)7-18-13(19-14)5-9-3-4-10(16)6-12(9)17/h3-4,6-8H,5H2,1-2H3,(H,20,21). The van der Waals surface area contributed by atoms with Gasteiger partial charge in [0.25, 0.3) is 0 Å². The number of carboxylic acid groups (broad SMARTS) is 1. The molecule has 0 aliphatic rings. The van der Waals surface area contributed by atoms with Crippen LogP contribution >= 0.6 is 0 Å². The van der Waals surface area contributed by atoms with Crippen molar-refractivity contribution in [2.75, 3.05) is 0 Å². The van der Waals surface area contributed by atoms with Crippen LogP contribution in [0.3, 0.4) is 0 Å². The number of rotatable bonds is 4. The summed E-state index contributed by atoms with van der Waals surface area (Å²) in [5.41, 5.74) is 0.692. The third-order valence-corrected chi connectivity index (χ3v) is 3.01. The van der Waals surface area contributed by atoms with Gasteiger partial charge in [0, 0.05) is 18.7 Å². The van der Waals surface area contributed by atoms with E-state index in [1.807, 2.05) is 13.8 Å². The molecule has 1 N–H and O–H groups in total. The summed E-state index contributed by atoms with van der Waals surface area (Å²) in [5.74, 6) is -2.23. The maximum absolute atomic E-state index is 13.6. The molecule has 0 spiro atoms. The maximum atomic E-state index is 13.6. The molecule has 6 heteroatoms. The zero-order valence-electron chi connectivity index (χ0n) is 11.6. The van der Waals surface area contributed by atoms with E-state index >= 15 is 0 Å². The van der Waals surface area contributed by atoms with Crippen molar-refractivity contribution in [3.63, 3.8) is 0 Å². The molecule has 2 rings (SSSR count). The first-order valence-corrected chi connectivity index (χ1v) is 6.41. The van der Waals surface area contributed by atoms with Crippen molar-refractivity contribution in [3.8, 4) is 0 Å². The topological polar surface area (TPSA) is 63.1 Å².